The lowest BCUT2D eigenvalue weighted by atomic mass is 10.0. The molecule has 0 aliphatic heterocycles. The molecule has 1 aromatic carbocycles. The minimum Gasteiger partial charge on any atom is -0.456 e. The first kappa shape index (κ1) is 29.8. The highest BCUT2D eigenvalue weighted by Gasteiger charge is 2.31. The number of ether oxygens (including phenoxy) is 2. The van der Waals surface area contributed by atoms with Gasteiger partial charge in [0.05, 0.1) is 19.5 Å². The quantitative estimate of drug-likeness (QED) is 0.144. The number of anilines is 1. The van der Waals surface area contributed by atoms with Crippen LogP contribution < -0.4 is 11.1 Å². The molecular weight excluding hydrogens is 523 g/mol. The lowest BCUT2D eigenvalue weighted by Gasteiger charge is -2.28. The minimum absolute atomic E-state index is 0.0808. The smallest absolute Gasteiger partial charge is 0.329 e. The molecule has 0 aliphatic carbocycles. The van der Waals surface area contributed by atoms with E-state index in [1.807, 2.05) is 30.3 Å². The van der Waals surface area contributed by atoms with Crippen LogP contribution in [0.25, 0.3) is 11.2 Å². The monoisotopic (exact) mass is 556 g/mol. The fourth-order valence-corrected chi connectivity index (χ4v) is 4.23. The summed E-state index contributed by atoms with van der Waals surface area (Å²) >= 11 is 0. The van der Waals surface area contributed by atoms with Crippen molar-refractivity contribution in [3.63, 3.8) is 0 Å². The van der Waals surface area contributed by atoms with Crippen molar-refractivity contribution in [2.75, 3.05) is 19.5 Å². The Hall–Kier alpha value is -3.73. The summed E-state index contributed by atoms with van der Waals surface area (Å²) < 4.78 is 29.1. The number of nitrogens with zero attached hydrogens (tertiary/aromatic N) is 4. The van der Waals surface area contributed by atoms with E-state index in [1.54, 1.807) is 10.6 Å². The first-order valence-corrected chi connectivity index (χ1v) is 13.2. The Bertz CT molecular complexity index is 1240. The zero-order valence-electron chi connectivity index (χ0n) is 21.8. The summed E-state index contributed by atoms with van der Waals surface area (Å²) in [4.78, 5) is 38.4. The molecule has 208 valence electrons. The Morgan fingerprint density at radius 3 is 2.72 bits per heavy atom. The highest BCUT2D eigenvalue weighted by Crippen LogP contribution is 2.19. The van der Waals surface area contributed by atoms with Crippen LogP contribution in [0.5, 0.6) is 0 Å². The van der Waals surface area contributed by atoms with E-state index in [1.165, 1.54) is 19.8 Å². The van der Waals surface area contributed by atoms with E-state index >= 15 is 0 Å². The third-order valence-corrected chi connectivity index (χ3v) is 6.33. The molecule has 0 aliphatic rings. The van der Waals surface area contributed by atoms with Crippen LogP contribution in [0.3, 0.4) is 0 Å². The second kappa shape index (κ2) is 15.6. The van der Waals surface area contributed by atoms with Crippen molar-refractivity contribution < 1.29 is 28.2 Å². The number of hydrogen-bond donors (Lipinski definition) is 2. The maximum atomic E-state index is 13.5. The van der Waals surface area contributed by atoms with Gasteiger partial charge in [0.1, 0.15) is 30.1 Å². The molecule has 2 unspecified atom stereocenters. The molecule has 3 rings (SSSR count). The number of benzene rings is 1. The maximum Gasteiger partial charge on any atom is 0.329 e. The zero-order valence-corrected chi connectivity index (χ0v) is 22.7. The average Bonchev–Trinajstić information content (AvgIpc) is 3.36. The standard InChI is InChI=1S/C26H33N6O6P/c1-3-4-13-22(33)31-19(12-8-11-18-9-6-5-7-10-18)26(34)38-20(21(36-2)15-37-39-35)14-32-17-30-23-24(27)28-16-29-25(23)32/h3,5-7,9-10,16-17,19-21H,1,4,8,11-15H2,2H3,(H,31,33)(H2,27,28,29)/t19?,20-,21?/m0/s1. The third-order valence-electron chi connectivity index (χ3n) is 6.08. The third kappa shape index (κ3) is 8.91. The van der Waals surface area contributed by atoms with E-state index in [0.717, 1.165) is 12.0 Å². The van der Waals surface area contributed by atoms with Gasteiger partial charge in [-0.15, -0.1) is 6.58 Å². The van der Waals surface area contributed by atoms with Gasteiger partial charge < -0.3 is 25.1 Å². The van der Waals surface area contributed by atoms with Gasteiger partial charge in [0.2, 0.25) is 5.91 Å². The topological polar surface area (TPSA) is 161 Å². The van der Waals surface area contributed by atoms with Crippen molar-refractivity contribution in [2.24, 2.45) is 0 Å². The van der Waals surface area contributed by atoms with E-state index < -0.39 is 32.9 Å². The van der Waals surface area contributed by atoms with Gasteiger partial charge in [-0.05, 0) is 31.2 Å². The van der Waals surface area contributed by atoms with Crippen molar-refractivity contribution in [2.45, 2.75) is 56.9 Å². The normalized spacial score (nSPS) is 13.6. The number of esters is 1. The van der Waals surface area contributed by atoms with E-state index in [9.17, 15) is 14.2 Å². The molecule has 2 heterocycles. The molecule has 39 heavy (non-hydrogen) atoms. The van der Waals surface area contributed by atoms with E-state index in [-0.39, 0.29) is 31.3 Å². The minimum atomic E-state index is -0.903. The molecule has 12 nitrogen and oxygen atoms in total. The van der Waals surface area contributed by atoms with Gasteiger partial charge in [-0.2, -0.15) is 0 Å². The summed E-state index contributed by atoms with van der Waals surface area (Å²) in [6.45, 7) is 3.60. The van der Waals surface area contributed by atoms with Crippen molar-refractivity contribution in [1.29, 1.82) is 0 Å². The number of amides is 1. The molecule has 2 aromatic heterocycles. The summed E-state index contributed by atoms with van der Waals surface area (Å²) in [5, 5.41) is 2.80. The molecule has 0 spiro atoms. The van der Waals surface area contributed by atoms with Crippen LogP contribution in [0, 0.1) is 0 Å². The number of nitrogens with one attached hydrogen (secondary N) is 1. The highest BCUT2D eigenvalue weighted by molar-refractivity contribution is 7.17. The molecule has 3 N–H and O–H groups in total. The van der Waals surface area contributed by atoms with Crippen LogP contribution in [-0.4, -0.2) is 63.4 Å². The van der Waals surface area contributed by atoms with Crippen LogP contribution in [0.1, 0.15) is 31.2 Å². The maximum absolute atomic E-state index is 13.5. The molecule has 0 radical (unpaired) electrons. The Labute approximate surface area is 228 Å². The SMILES string of the molecule is C=CCCC(=O)NC(CCCc1ccccc1)C(=O)O[C@@H](Cn1cnc2c(N)ncnc21)C(COP=O)OC. The highest BCUT2D eigenvalue weighted by atomic mass is 31.1. The Morgan fingerprint density at radius 1 is 1.21 bits per heavy atom. The number of aryl methyl sites for hydroxylation is 1. The number of fused-ring (bicyclic) bond motifs is 1. The number of methoxy groups -OCH3 is 1. The Kier molecular flexibility index (Phi) is 11.9. The van der Waals surface area contributed by atoms with E-state index in [4.69, 9.17) is 19.7 Å². The average molecular weight is 557 g/mol. The number of hydrogen-bond acceptors (Lipinski definition) is 10. The van der Waals surface area contributed by atoms with Crippen LogP contribution in [-0.2, 0) is 41.1 Å². The summed E-state index contributed by atoms with van der Waals surface area (Å²) in [6.07, 6.45) is 5.20. The van der Waals surface area contributed by atoms with Crippen LogP contribution in [0.4, 0.5) is 5.82 Å². The number of nitrogen functional groups attached to an aromatic ring is 1. The summed E-state index contributed by atoms with van der Waals surface area (Å²) in [6, 6.07) is 8.98. The largest absolute Gasteiger partial charge is 0.456 e. The number of carbonyl (C=O) groups excluding carboxylic acids is 2. The first-order chi connectivity index (χ1) is 19.0. The van der Waals surface area contributed by atoms with Gasteiger partial charge in [-0.1, -0.05) is 36.4 Å². The van der Waals surface area contributed by atoms with Crippen LogP contribution >= 0.6 is 8.69 Å². The predicted molar refractivity (Wildman–Crippen MR) is 145 cm³/mol. The molecule has 0 saturated heterocycles. The number of carbonyl (C=O) groups is 2. The van der Waals surface area contributed by atoms with Gasteiger partial charge in [-0.25, -0.2) is 24.3 Å². The lowest BCUT2D eigenvalue weighted by Crippen LogP contribution is -2.46. The molecular formula is C26H33N6O6P. The predicted octanol–water partition coefficient (Wildman–Crippen LogP) is 3.03. The van der Waals surface area contributed by atoms with E-state index in [2.05, 4.69) is 26.8 Å². The number of imidazole rings is 1. The van der Waals surface area contributed by atoms with Crippen LogP contribution in [0.2, 0.25) is 0 Å². The van der Waals surface area contributed by atoms with Gasteiger partial charge in [0.25, 0.3) is 0 Å². The van der Waals surface area contributed by atoms with Gasteiger partial charge in [0.15, 0.2) is 11.5 Å². The molecule has 3 aromatic rings. The molecule has 1 amide bonds. The summed E-state index contributed by atoms with van der Waals surface area (Å²) in [7, 11) is 0.887. The van der Waals surface area contributed by atoms with Crippen molar-refractivity contribution in [3.05, 3.63) is 61.2 Å². The van der Waals surface area contributed by atoms with E-state index in [0.29, 0.717) is 30.4 Å². The number of rotatable bonds is 17. The number of nitrogens with two attached hydrogens (primary N) is 1. The Morgan fingerprint density at radius 2 is 2.00 bits per heavy atom. The number of aromatic nitrogens is 4. The van der Waals surface area contributed by atoms with Gasteiger partial charge in [0, 0.05) is 13.5 Å². The van der Waals surface area contributed by atoms with Gasteiger partial charge in [-0.3, -0.25) is 9.32 Å². The second-order valence-corrected chi connectivity index (χ2v) is 9.18. The fourth-order valence-electron chi connectivity index (χ4n) is 4.02. The van der Waals surface area contributed by atoms with Crippen molar-refractivity contribution >= 4 is 37.5 Å². The summed E-state index contributed by atoms with van der Waals surface area (Å²) in [5.74, 6) is -0.692. The molecule has 13 heteroatoms. The van der Waals surface area contributed by atoms with Crippen molar-refractivity contribution in [3.8, 4) is 0 Å². The molecule has 3 atom stereocenters. The molecule has 0 saturated carbocycles. The van der Waals surface area contributed by atoms with Crippen LogP contribution in [0.15, 0.2) is 55.6 Å². The summed E-state index contributed by atoms with van der Waals surface area (Å²) in [5.41, 5.74) is 7.87. The Balaban J connectivity index is 1.79. The fraction of sp³-hybridized carbons (Fsp3) is 0.423. The first-order valence-electron chi connectivity index (χ1n) is 12.5. The zero-order chi connectivity index (χ0) is 28.0. The van der Waals surface area contributed by atoms with Gasteiger partial charge >= 0.3 is 14.7 Å². The number of allylic oxidation sites excluding steroid dienone is 1. The van der Waals surface area contributed by atoms with Crippen molar-refractivity contribution in [1.82, 2.24) is 24.8 Å². The molecule has 0 bridgehead atoms. The lowest BCUT2D eigenvalue weighted by molar-refractivity contribution is -0.162. The second-order valence-electron chi connectivity index (χ2n) is 8.77. The molecule has 0 fully saturated rings.